The second-order valence-corrected chi connectivity index (χ2v) is 5.64. The van der Waals surface area contributed by atoms with Crippen LogP contribution < -0.4 is 10.6 Å². The highest BCUT2D eigenvalue weighted by Gasteiger charge is 2.05. The molecule has 0 saturated carbocycles. The fourth-order valence-corrected chi connectivity index (χ4v) is 2.10. The molecule has 1 atom stereocenters. The summed E-state index contributed by atoms with van der Waals surface area (Å²) in [6, 6.07) is 12.4. The Morgan fingerprint density at radius 2 is 1.89 bits per heavy atom. The third-order valence-corrected chi connectivity index (χ3v) is 3.55. The van der Waals surface area contributed by atoms with E-state index in [1.165, 1.54) is 5.56 Å². The minimum atomic E-state index is 0.0262. The van der Waals surface area contributed by atoms with Gasteiger partial charge in [-0.2, -0.15) is 0 Å². The van der Waals surface area contributed by atoms with Crippen LogP contribution in [0.3, 0.4) is 0 Å². The molecule has 2 rings (SSSR count). The summed E-state index contributed by atoms with van der Waals surface area (Å²) in [5.74, 6) is 0.951. The molecule has 0 amide bonds. The highest BCUT2D eigenvalue weighted by Crippen LogP contribution is 2.17. The SMILES string of the molecule is CC(N)c1ccc(N(C)Cc2ccc(Br)cc2)nc1. The van der Waals surface area contributed by atoms with Crippen LogP contribution in [0.2, 0.25) is 0 Å². The number of rotatable bonds is 4. The van der Waals surface area contributed by atoms with Crippen LogP contribution >= 0.6 is 15.9 Å². The van der Waals surface area contributed by atoms with E-state index in [1.807, 2.05) is 32.3 Å². The van der Waals surface area contributed by atoms with Crippen molar-refractivity contribution in [1.82, 2.24) is 4.98 Å². The molecule has 0 fully saturated rings. The summed E-state index contributed by atoms with van der Waals surface area (Å²) < 4.78 is 1.10. The highest BCUT2D eigenvalue weighted by molar-refractivity contribution is 9.10. The number of benzene rings is 1. The van der Waals surface area contributed by atoms with Crippen LogP contribution in [-0.2, 0) is 6.54 Å². The zero-order valence-electron chi connectivity index (χ0n) is 11.2. The Morgan fingerprint density at radius 3 is 2.42 bits per heavy atom. The molecule has 1 heterocycles. The number of hydrogen-bond donors (Lipinski definition) is 1. The van der Waals surface area contributed by atoms with Crippen molar-refractivity contribution in [3.63, 3.8) is 0 Å². The number of nitrogens with zero attached hydrogens (tertiary/aromatic N) is 2. The molecule has 0 saturated heterocycles. The summed E-state index contributed by atoms with van der Waals surface area (Å²) in [5, 5.41) is 0. The van der Waals surface area contributed by atoms with E-state index in [1.54, 1.807) is 0 Å². The lowest BCUT2D eigenvalue weighted by atomic mass is 10.1. The quantitative estimate of drug-likeness (QED) is 0.937. The zero-order chi connectivity index (χ0) is 13.8. The Balaban J connectivity index is 2.07. The number of halogens is 1. The Bertz CT molecular complexity index is 520. The molecule has 1 aromatic carbocycles. The number of nitrogens with two attached hydrogens (primary N) is 1. The van der Waals surface area contributed by atoms with Gasteiger partial charge in [0.1, 0.15) is 5.82 Å². The molecule has 0 aliphatic carbocycles. The molecule has 0 aliphatic heterocycles. The van der Waals surface area contributed by atoms with Gasteiger partial charge in [-0.15, -0.1) is 0 Å². The zero-order valence-corrected chi connectivity index (χ0v) is 12.8. The summed E-state index contributed by atoms with van der Waals surface area (Å²) in [6.45, 7) is 2.79. The van der Waals surface area contributed by atoms with E-state index in [2.05, 4.69) is 50.1 Å². The Kier molecular flexibility index (Phi) is 4.56. The molecule has 0 spiro atoms. The minimum Gasteiger partial charge on any atom is -0.355 e. The van der Waals surface area contributed by atoms with E-state index < -0.39 is 0 Å². The van der Waals surface area contributed by atoms with Crippen molar-refractivity contribution in [3.8, 4) is 0 Å². The standard InChI is InChI=1S/C15H18BrN3/c1-11(17)13-5-8-15(18-9-13)19(2)10-12-3-6-14(16)7-4-12/h3-9,11H,10,17H2,1-2H3. The lowest BCUT2D eigenvalue weighted by Crippen LogP contribution is -2.18. The normalized spacial score (nSPS) is 12.2. The monoisotopic (exact) mass is 319 g/mol. The largest absolute Gasteiger partial charge is 0.355 e. The summed E-state index contributed by atoms with van der Waals surface area (Å²) in [6.07, 6.45) is 1.85. The molecule has 4 heteroatoms. The van der Waals surface area contributed by atoms with Crippen molar-refractivity contribution in [2.45, 2.75) is 19.5 Å². The van der Waals surface area contributed by atoms with E-state index in [0.29, 0.717) is 0 Å². The van der Waals surface area contributed by atoms with Gasteiger partial charge in [-0.25, -0.2) is 4.98 Å². The van der Waals surface area contributed by atoms with Crippen LogP contribution in [-0.4, -0.2) is 12.0 Å². The molecule has 1 aromatic heterocycles. The van der Waals surface area contributed by atoms with Crippen molar-refractivity contribution < 1.29 is 0 Å². The fourth-order valence-electron chi connectivity index (χ4n) is 1.84. The Labute approximate surface area is 122 Å². The molecule has 1 unspecified atom stereocenters. The van der Waals surface area contributed by atoms with Crippen molar-refractivity contribution in [1.29, 1.82) is 0 Å². The molecule has 0 radical (unpaired) electrons. The van der Waals surface area contributed by atoms with Crippen molar-refractivity contribution >= 4 is 21.7 Å². The van der Waals surface area contributed by atoms with Crippen LogP contribution in [0.25, 0.3) is 0 Å². The van der Waals surface area contributed by atoms with Crippen molar-refractivity contribution in [2.75, 3.05) is 11.9 Å². The Morgan fingerprint density at radius 1 is 1.21 bits per heavy atom. The maximum Gasteiger partial charge on any atom is 0.128 e. The first-order chi connectivity index (χ1) is 9.06. The van der Waals surface area contributed by atoms with E-state index in [9.17, 15) is 0 Å². The minimum absolute atomic E-state index is 0.0262. The Hall–Kier alpha value is -1.39. The van der Waals surface area contributed by atoms with Gasteiger partial charge in [-0.3, -0.25) is 0 Å². The molecule has 3 nitrogen and oxygen atoms in total. The molecule has 2 N–H and O–H groups in total. The summed E-state index contributed by atoms with van der Waals surface area (Å²) >= 11 is 3.44. The predicted molar refractivity (Wildman–Crippen MR) is 83.1 cm³/mol. The molecule has 100 valence electrons. The van der Waals surface area contributed by atoms with E-state index in [-0.39, 0.29) is 6.04 Å². The van der Waals surface area contributed by atoms with Crippen LogP contribution in [0.15, 0.2) is 47.1 Å². The first-order valence-corrected chi connectivity index (χ1v) is 7.02. The van der Waals surface area contributed by atoms with Gasteiger partial charge >= 0.3 is 0 Å². The van der Waals surface area contributed by atoms with E-state index in [4.69, 9.17) is 5.73 Å². The van der Waals surface area contributed by atoms with Gasteiger partial charge in [0.2, 0.25) is 0 Å². The van der Waals surface area contributed by atoms with Crippen molar-refractivity contribution in [3.05, 3.63) is 58.2 Å². The van der Waals surface area contributed by atoms with Gasteiger partial charge < -0.3 is 10.6 Å². The average Bonchev–Trinajstić information content (AvgIpc) is 2.41. The maximum atomic E-state index is 5.82. The van der Waals surface area contributed by atoms with Gasteiger partial charge in [-0.05, 0) is 36.2 Å². The summed E-state index contributed by atoms with van der Waals surface area (Å²) in [7, 11) is 2.04. The lowest BCUT2D eigenvalue weighted by Gasteiger charge is -2.19. The van der Waals surface area contributed by atoms with Crippen LogP contribution in [0.5, 0.6) is 0 Å². The van der Waals surface area contributed by atoms with E-state index in [0.717, 1.165) is 22.4 Å². The topological polar surface area (TPSA) is 42.1 Å². The second kappa shape index (κ2) is 6.17. The molecule has 2 aromatic rings. The molecular formula is C15H18BrN3. The van der Waals surface area contributed by atoms with Gasteiger partial charge in [-0.1, -0.05) is 34.1 Å². The van der Waals surface area contributed by atoms with Gasteiger partial charge in [0.15, 0.2) is 0 Å². The van der Waals surface area contributed by atoms with Crippen LogP contribution in [0, 0.1) is 0 Å². The van der Waals surface area contributed by atoms with Gasteiger partial charge in [0.25, 0.3) is 0 Å². The predicted octanol–water partition coefficient (Wildman–Crippen LogP) is 3.50. The van der Waals surface area contributed by atoms with Gasteiger partial charge in [0, 0.05) is 30.3 Å². The lowest BCUT2D eigenvalue weighted by molar-refractivity contribution is 0.807. The highest BCUT2D eigenvalue weighted by atomic mass is 79.9. The number of hydrogen-bond acceptors (Lipinski definition) is 3. The third kappa shape index (κ3) is 3.78. The second-order valence-electron chi connectivity index (χ2n) is 4.72. The summed E-state index contributed by atoms with van der Waals surface area (Å²) in [5.41, 5.74) is 8.13. The van der Waals surface area contributed by atoms with Crippen LogP contribution in [0.4, 0.5) is 5.82 Å². The number of anilines is 1. The third-order valence-electron chi connectivity index (χ3n) is 3.02. The number of aromatic nitrogens is 1. The maximum absolute atomic E-state index is 5.82. The summed E-state index contributed by atoms with van der Waals surface area (Å²) in [4.78, 5) is 6.57. The van der Waals surface area contributed by atoms with Crippen LogP contribution in [0.1, 0.15) is 24.1 Å². The first kappa shape index (κ1) is 14.0. The smallest absolute Gasteiger partial charge is 0.128 e. The first-order valence-electron chi connectivity index (χ1n) is 6.23. The van der Waals surface area contributed by atoms with Gasteiger partial charge in [0.05, 0.1) is 0 Å². The average molecular weight is 320 g/mol. The molecule has 0 aliphatic rings. The molecular weight excluding hydrogens is 302 g/mol. The molecule has 19 heavy (non-hydrogen) atoms. The number of pyridine rings is 1. The molecule has 0 bridgehead atoms. The fraction of sp³-hybridized carbons (Fsp3) is 0.267. The van der Waals surface area contributed by atoms with E-state index >= 15 is 0 Å². The van der Waals surface area contributed by atoms with Crippen molar-refractivity contribution in [2.24, 2.45) is 5.73 Å².